The summed E-state index contributed by atoms with van der Waals surface area (Å²) in [6.07, 6.45) is 0. The van der Waals surface area contributed by atoms with E-state index in [2.05, 4.69) is 9.97 Å². The van der Waals surface area contributed by atoms with Crippen LogP contribution in [0.2, 0.25) is 0 Å². The second kappa shape index (κ2) is 11.3. The van der Waals surface area contributed by atoms with Gasteiger partial charge < -0.3 is 25.8 Å². The Kier molecular flexibility index (Phi) is 7.81. The first-order valence-electron chi connectivity index (χ1n) is 13.7. The summed E-state index contributed by atoms with van der Waals surface area (Å²) < 4.78 is 39.4. The van der Waals surface area contributed by atoms with Crippen LogP contribution in [0.5, 0.6) is 0 Å². The lowest BCUT2D eigenvalue weighted by atomic mass is 9.97. The van der Waals surface area contributed by atoms with Crippen LogP contribution in [0.4, 0.5) is 14.7 Å². The summed E-state index contributed by atoms with van der Waals surface area (Å²) in [6, 6.07) is 14.3. The van der Waals surface area contributed by atoms with Gasteiger partial charge in [-0.15, -0.1) is 0 Å². The molecule has 228 valence electrons. The van der Waals surface area contributed by atoms with E-state index in [-0.39, 0.29) is 28.7 Å². The SMILES string of the molecule is CC(C)(C)OC(=O)[C@@](C)(N)C(=O)OCc1cc(F)c(F)cc1-c1ccc2nc(N)nc(C(=O)N3Cc4ccccc4C3)c2c1. The number of benzene rings is 3. The number of amides is 1. The lowest BCUT2D eigenvalue weighted by molar-refractivity contribution is -0.171. The largest absolute Gasteiger partial charge is 0.459 e. The van der Waals surface area contributed by atoms with Gasteiger partial charge in [0.2, 0.25) is 11.5 Å². The quantitative estimate of drug-likeness (QED) is 0.241. The number of hydrogen-bond donors (Lipinski definition) is 2. The van der Waals surface area contributed by atoms with Gasteiger partial charge in [-0.1, -0.05) is 30.3 Å². The normalized spacial score (nSPS) is 14.2. The van der Waals surface area contributed by atoms with Crippen molar-refractivity contribution in [3.63, 3.8) is 0 Å². The minimum absolute atomic E-state index is 0.0500. The van der Waals surface area contributed by atoms with Crippen LogP contribution in [0.25, 0.3) is 22.0 Å². The highest BCUT2D eigenvalue weighted by Gasteiger charge is 2.42. The minimum Gasteiger partial charge on any atom is -0.459 e. The van der Waals surface area contributed by atoms with Crippen LogP contribution < -0.4 is 11.5 Å². The summed E-state index contributed by atoms with van der Waals surface area (Å²) in [5, 5.41) is 0.338. The zero-order valence-electron chi connectivity index (χ0n) is 24.6. The van der Waals surface area contributed by atoms with E-state index < -0.39 is 41.3 Å². The van der Waals surface area contributed by atoms with Crippen LogP contribution in [0.15, 0.2) is 54.6 Å². The molecule has 1 amide bonds. The number of fused-ring (bicyclic) bond motifs is 2. The molecule has 0 radical (unpaired) electrons. The van der Waals surface area contributed by atoms with Crippen LogP contribution in [0.3, 0.4) is 0 Å². The molecule has 0 aliphatic carbocycles. The smallest absolute Gasteiger partial charge is 0.338 e. The Bertz CT molecular complexity index is 1790. The van der Waals surface area contributed by atoms with Crippen molar-refractivity contribution < 1.29 is 32.6 Å². The fourth-order valence-corrected chi connectivity index (χ4v) is 4.84. The first-order valence-corrected chi connectivity index (χ1v) is 13.7. The molecule has 0 saturated carbocycles. The average molecular weight is 604 g/mol. The average Bonchev–Trinajstić information content (AvgIpc) is 3.40. The van der Waals surface area contributed by atoms with Gasteiger partial charge in [0.15, 0.2) is 11.6 Å². The van der Waals surface area contributed by atoms with Crippen molar-refractivity contribution in [1.29, 1.82) is 0 Å². The van der Waals surface area contributed by atoms with Crippen molar-refractivity contribution in [3.05, 3.63) is 88.6 Å². The number of carbonyl (C=O) groups excluding carboxylic acids is 3. The Hall–Kier alpha value is -4.97. The Morgan fingerprint density at radius 2 is 1.55 bits per heavy atom. The molecule has 1 aromatic heterocycles. The van der Waals surface area contributed by atoms with Crippen LogP contribution in [-0.4, -0.2) is 43.9 Å². The maximum Gasteiger partial charge on any atom is 0.338 e. The number of ether oxygens (including phenoxy) is 2. The first-order chi connectivity index (χ1) is 20.6. The highest BCUT2D eigenvalue weighted by Crippen LogP contribution is 2.32. The van der Waals surface area contributed by atoms with Crippen LogP contribution in [-0.2, 0) is 38.8 Å². The Morgan fingerprint density at radius 3 is 2.18 bits per heavy atom. The monoisotopic (exact) mass is 603 g/mol. The summed E-state index contributed by atoms with van der Waals surface area (Å²) in [5.41, 5.74) is 11.9. The van der Waals surface area contributed by atoms with E-state index in [1.54, 1.807) is 43.9 Å². The van der Waals surface area contributed by atoms with Crippen LogP contribution >= 0.6 is 0 Å². The molecule has 0 saturated heterocycles. The number of nitrogen functional groups attached to an aromatic ring is 1. The topological polar surface area (TPSA) is 151 Å². The summed E-state index contributed by atoms with van der Waals surface area (Å²) in [5.74, 6) is -4.92. The molecule has 44 heavy (non-hydrogen) atoms. The number of carbonyl (C=O) groups is 3. The second-order valence-corrected chi connectivity index (χ2v) is 11.8. The van der Waals surface area contributed by atoms with E-state index >= 15 is 0 Å². The summed E-state index contributed by atoms with van der Waals surface area (Å²) in [4.78, 5) is 49.1. The van der Waals surface area contributed by atoms with Gasteiger partial charge in [-0.3, -0.25) is 4.79 Å². The zero-order valence-corrected chi connectivity index (χ0v) is 24.6. The summed E-state index contributed by atoms with van der Waals surface area (Å²) in [7, 11) is 0. The maximum atomic E-state index is 14.5. The van der Waals surface area contributed by atoms with Crippen molar-refractivity contribution in [3.8, 4) is 11.1 Å². The molecule has 10 nitrogen and oxygen atoms in total. The van der Waals surface area contributed by atoms with Gasteiger partial charge in [0, 0.05) is 24.0 Å². The third-order valence-corrected chi connectivity index (χ3v) is 7.11. The van der Waals surface area contributed by atoms with E-state index in [9.17, 15) is 23.2 Å². The number of nitrogens with two attached hydrogens (primary N) is 2. The molecule has 12 heteroatoms. The molecule has 0 spiro atoms. The molecule has 1 aliphatic heterocycles. The minimum atomic E-state index is -2.16. The van der Waals surface area contributed by atoms with Crippen molar-refractivity contribution in [2.75, 3.05) is 5.73 Å². The van der Waals surface area contributed by atoms with Gasteiger partial charge in [0.1, 0.15) is 17.9 Å². The predicted octanol–water partition coefficient (Wildman–Crippen LogP) is 4.42. The lowest BCUT2D eigenvalue weighted by Gasteiger charge is -2.27. The number of esters is 2. The second-order valence-electron chi connectivity index (χ2n) is 11.8. The van der Waals surface area contributed by atoms with Crippen molar-refractivity contribution >= 4 is 34.7 Å². The summed E-state index contributed by atoms with van der Waals surface area (Å²) >= 11 is 0. The van der Waals surface area contributed by atoms with Crippen LogP contribution in [0.1, 0.15) is 54.9 Å². The number of nitrogens with zero attached hydrogens (tertiary/aromatic N) is 3. The Balaban J connectivity index is 1.48. The number of hydrogen-bond acceptors (Lipinski definition) is 9. The van der Waals surface area contributed by atoms with Gasteiger partial charge in [-0.25, -0.2) is 28.3 Å². The third-order valence-electron chi connectivity index (χ3n) is 7.11. The van der Waals surface area contributed by atoms with E-state index in [1.165, 1.54) is 0 Å². The molecule has 5 rings (SSSR count). The third kappa shape index (κ3) is 6.06. The predicted molar refractivity (Wildman–Crippen MR) is 158 cm³/mol. The standard InChI is InChI=1S/C32H31F2N5O5/c1-31(2,3)44-29(42)32(4,36)28(41)43-16-20-12-23(33)24(34)13-21(20)17-9-10-25-22(11-17)26(38-30(35)37-25)27(40)39-14-18-7-5-6-8-19(18)15-39/h5-13H,14-16,36H2,1-4H3,(H2,35,37,38)/t32-/m0/s1. The molecular formula is C32H31F2N5O5. The van der Waals surface area contributed by atoms with Gasteiger partial charge in [0.05, 0.1) is 5.52 Å². The molecule has 1 aliphatic rings. The maximum absolute atomic E-state index is 14.5. The number of aromatic nitrogens is 2. The Morgan fingerprint density at radius 1 is 0.909 bits per heavy atom. The highest BCUT2D eigenvalue weighted by molar-refractivity contribution is 6.06. The van der Waals surface area contributed by atoms with Crippen molar-refractivity contribution in [2.24, 2.45) is 5.73 Å². The van der Waals surface area contributed by atoms with E-state index in [0.717, 1.165) is 30.2 Å². The fourth-order valence-electron chi connectivity index (χ4n) is 4.84. The molecular weight excluding hydrogens is 572 g/mol. The number of halogens is 2. The van der Waals surface area contributed by atoms with E-state index in [4.69, 9.17) is 20.9 Å². The molecule has 1 atom stereocenters. The molecule has 2 heterocycles. The molecule has 0 unspecified atom stereocenters. The van der Waals surface area contributed by atoms with Gasteiger partial charge in [0.25, 0.3) is 5.91 Å². The van der Waals surface area contributed by atoms with Gasteiger partial charge in [-0.05, 0) is 74.2 Å². The lowest BCUT2D eigenvalue weighted by Crippen LogP contribution is -2.55. The van der Waals surface area contributed by atoms with Crippen LogP contribution in [0, 0.1) is 11.6 Å². The number of anilines is 1. The first kappa shape index (κ1) is 30.5. The molecule has 4 aromatic rings. The van der Waals surface area contributed by atoms with E-state index in [1.807, 2.05) is 24.3 Å². The van der Waals surface area contributed by atoms with Crippen molar-refractivity contribution in [1.82, 2.24) is 14.9 Å². The highest BCUT2D eigenvalue weighted by atomic mass is 19.2. The zero-order chi connectivity index (χ0) is 32.0. The molecule has 3 aromatic carbocycles. The molecule has 0 bridgehead atoms. The van der Waals surface area contributed by atoms with Gasteiger partial charge >= 0.3 is 11.9 Å². The summed E-state index contributed by atoms with van der Waals surface area (Å²) in [6.45, 7) is 6.23. The Labute approximate surface area is 252 Å². The van der Waals surface area contributed by atoms with Gasteiger partial charge in [-0.2, -0.15) is 0 Å². The number of rotatable bonds is 6. The molecule has 0 fully saturated rings. The molecule has 4 N–H and O–H groups in total. The fraction of sp³-hybridized carbons (Fsp3) is 0.281. The van der Waals surface area contributed by atoms with E-state index in [0.29, 0.717) is 29.6 Å². The van der Waals surface area contributed by atoms with Crippen molar-refractivity contribution in [2.45, 2.75) is 58.5 Å².